The highest BCUT2D eigenvalue weighted by molar-refractivity contribution is 6.24. The van der Waals surface area contributed by atoms with Crippen molar-refractivity contribution in [3.8, 4) is 12.3 Å². The topological polar surface area (TPSA) is 95.6 Å². The van der Waals surface area contributed by atoms with Crippen LogP contribution in [0.25, 0.3) is 0 Å². The van der Waals surface area contributed by atoms with Crippen molar-refractivity contribution in [2.75, 3.05) is 18.4 Å². The van der Waals surface area contributed by atoms with E-state index in [4.69, 9.17) is 6.42 Å². The molecule has 1 aromatic rings. The molecule has 0 saturated heterocycles. The molecule has 7 nitrogen and oxygen atoms in total. The maximum atomic E-state index is 12.6. The number of amides is 4. The molecule has 2 aliphatic rings. The highest BCUT2D eigenvalue weighted by Crippen LogP contribution is 2.29. The summed E-state index contributed by atoms with van der Waals surface area (Å²) in [4.78, 5) is 49.7. The molecule has 0 spiro atoms. The number of anilines is 1. The zero-order valence-corrected chi connectivity index (χ0v) is 13.5. The van der Waals surface area contributed by atoms with Gasteiger partial charge in [0, 0.05) is 11.6 Å². The first kappa shape index (κ1) is 16.7. The van der Waals surface area contributed by atoms with Gasteiger partial charge >= 0.3 is 0 Å². The quantitative estimate of drug-likeness (QED) is 0.610. The highest BCUT2D eigenvalue weighted by Gasteiger charge is 2.39. The summed E-state index contributed by atoms with van der Waals surface area (Å²) < 4.78 is 0. The van der Waals surface area contributed by atoms with Gasteiger partial charge in [0.1, 0.15) is 6.54 Å². The van der Waals surface area contributed by atoms with Gasteiger partial charge in [0.15, 0.2) is 0 Å². The number of rotatable bonds is 5. The van der Waals surface area contributed by atoms with E-state index in [9.17, 15) is 19.2 Å². The van der Waals surface area contributed by atoms with Crippen LogP contribution in [-0.4, -0.2) is 41.6 Å². The summed E-state index contributed by atoms with van der Waals surface area (Å²) in [5.74, 6) is 0.107. The van der Waals surface area contributed by atoms with Crippen LogP contribution < -0.4 is 10.6 Å². The summed E-state index contributed by atoms with van der Waals surface area (Å²) in [5.41, 5.74) is 0.855. The lowest BCUT2D eigenvalue weighted by molar-refractivity contribution is -0.134. The molecule has 1 heterocycles. The molecular weight excluding hydrogens is 322 g/mol. The fourth-order valence-corrected chi connectivity index (χ4v) is 2.86. The molecular formula is C18H17N3O4. The number of hydrogen-bond acceptors (Lipinski definition) is 5. The average Bonchev–Trinajstić information content (AvgIpc) is 2.76. The Bertz CT molecular complexity index is 805. The third kappa shape index (κ3) is 3.11. The number of benzene rings is 1. The molecule has 1 fully saturated rings. The molecule has 1 saturated carbocycles. The van der Waals surface area contributed by atoms with Crippen molar-refractivity contribution in [1.29, 1.82) is 0 Å². The number of carbonyl (C=O) groups is 4. The maximum Gasteiger partial charge on any atom is 0.264 e. The molecule has 0 aromatic heterocycles. The van der Waals surface area contributed by atoms with Crippen LogP contribution in [0.5, 0.6) is 0 Å². The van der Waals surface area contributed by atoms with Crippen LogP contribution >= 0.6 is 0 Å². The normalized spacial score (nSPS) is 16.0. The Morgan fingerprint density at radius 2 is 2.00 bits per heavy atom. The third-order valence-corrected chi connectivity index (χ3v) is 4.42. The zero-order valence-electron chi connectivity index (χ0n) is 13.5. The molecule has 0 radical (unpaired) electrons. The number of nitrogens with zero attached hydrogens (tertiary/aromatic N) is 1. The lowest BCUT2D eigenvalue weighted by Gasteiger charge is -2.24. The Hall–Kier alpha value is -3.14. The predicted octanol–water partition coefficient (Wildman–Crippen LogP) is 0.771. The van der Waals surface area contributed by atoms with Crippen LogP contribution in [0.1, 0.15) is 40.0 Å². The van der Waals surface area contributed by atoms with Crippen molar-refractivity contribution < 1.29 is 19.2 Å². The van der Waals surface area contributed by atoms with Crippen molar-refractivity contribution in [2.45, 2.75) is 19.3 Å². The summed E-state index contributed by atoms with van der Waals surface area (Å²) in [6, 6.07) is 4.80. The second-order valence-corrected chi connectivity index (χ2v) is 6.02. The molecule has 1 aromatic carbocycles. The molecule has 0 atom stereocenters. The Morgan fingerprint density at radius 3 is 2.64 bits per heavy atom. The van der Waals surface area contributed by atoms with Crippen molar-refractivity contribution in [3.63, 3.8) is 0 Å². The van der Waals surface area contributed by atoms with E-state index in [0.717, 1.165) is 24.2 Å². The second-order valence-electron chi connectivity index (χ2n) is 6.02. The minimum absolute atomic E-state index is 0.148. The summed E-state index contributed by atoms with van der Waals surface area (Å²) in [6.45, 7) is -0.284. The maximum absolute atomic E-state index is 12.6. The predicted molar refractivity (Wildman–Crippen MR) is 89.6 cm³/mol. The molecule has 1 aliphatic carbocycles. The lowest BCUT2D eigenvalue weighted by Crippen LogP contribution is -2.45. The van der Waals surface area contributed by atoms with Gasteiger partial charge in [0.05, 0.1) is 17.7 Å². The van der Waals surface area contributed by atoms with Gasteiger partial charge in [-0.3, -0.25) is 29.4 Å². The zero-order chi connectivity index (χ0) is 18.0. The van der Waals surface area contributed by atoms with Gasteiger partial charge in [0.25, 0.3) is 11.8 Å². The van der Waals surface area contributed by atoms with Crippen LogP contribution in [0.3, 0.4) is 0 Å². The van der Waals surface area contributed by atoms with Crippen LogP contribution in [0.15, 0.2) is 18.2 Å². The first-order chi connectivity index (χ1) is 12.0. The average molecular weight is 339 g/mol. The minimum atomic E-state index is -0.662. The molecule has 1 aliphatic heterocycles. The van der Waals surface area contributed by atoms with Crippen molar-refractivity contribution in [3.05, 3.63) is 29.3 Å². The molecule has 2 N–H and O–H groups in total. The fourth-order valence-electron chi connectivity index (χ4n) is 2.86. The van der Waals surface area contributed by atoms with Gasteiger partial charge < -0.3 is 5.32 Å². The van der Waals surface area contributed by atoms with E-state index in [1.807, 2.05) is 0 Å². The molecule has 25 heavy (non-hydrogen) atoms. The van der Waals surface area contributed by atoms with Crippen molar-refractivity contribution in [1.82, 2.24) is 10.2 Å². The number of carbonyl (C=O) groups excluding carboxylic acids is 4. The van der Waals surface area contributed by atoms with Crippen molar-refractivity contribution in [2.24, 2.45) is 5.92 Å². The molecule has 7 heteroatoms. The third-order valence-electron chi connectivity index (χ3n) is 4.42. The van der Waals surface area contributed by atoms with Crippen LogP contribution in [0, 0.1) is 18.3 Å². The van der Waals surface area contributed by atoms with E-state index < -0.39 is 24.3 Å². The van der Waals surface area contributed by atoms with E-state index in [1.54, 1.807) is 12.1 Å². The number of imide groups is 2. The van der Waals surface area contributed by atoms with Crippen molar-refractivity contribution >= 4 is 29.3 Å². The van der Waals surface area contributed by atoms with Crippen LogP contribution in [0.4, 0.5) is 5.69 Å². The Balaban J connectivity index is 1.72. The second kappa shape index (κ2) is 6.77. The van der Waals surface area contributed by atoms with Gasteiger partial charge in [-0.25, -0.2) is 0 Å². The SMILES string of the molecule is C#CCNc1cccc2c1C(=O)N(CC(=O)NC(=O)C1CCC1)C2=O. The lowest BCUT2D eigenvalue weighted by atomic mass is 9.85. The first-order valence-corrected chi connectivity index (χ1v) is 8.03. The summed E-state index contributed by atoms with van der Waals surface area (Å²) in [7, 11) is 0. The number of nitrogens with one attached hydrogen (secondary N) is 2. The fraction of sp³-hybridized carbons (Fsp3) is 0.333. The van der Waals surface area contributed by atoms with E-state index in [2.05, 4.69) is 16.6 Å². The van der Waals surface area contributed by atoms with Gasteiger partial charge in [-0.05, 0) is 25.0 Å². The Morgan fingerprint density at radius 1 is 1.24 bits per heavy atom. The smallest absolute Gasteiger partial charge is 0.264 e. The van der Waals surface area contributed by atoms with Gasteiger partial charge in [-0.1, -0.05) is 18.4 Å². The molecule has 128 valence electrons. The highest BCUT2D eigenvalue weighted by atomic mass is 16.2. The largest absolute Gasteiger partial charge is 0.373 e. The van der Waals surface area contributed by atoms with E-state index in [0.29, 0.717) is 5.69 Å². The number of hydrogen-bond donors (Lipinski definition) is 2. The molecule has 4 amide bonds. The van der Waals surface area contributed by atoms with E-state index in [-0.39, 0.29) is 29.5 Å². The Labute approximate surface area is 144 Å². The molecule has 0 unspecified atom stereocenters. The standard InChI is InChI=1S/C18H17N3O4/c1-2-9-19-13-8-4-7-12-15(13)18(25)21(17(12)24)10-14(22)20-16(23)11-5-3-6-11/h1,4,7-8,11,19H,3,5-6,9-10H2,(H,20,22,23). The van der Waals surface area contributed by atoms with Gasteiger partial charge in [-0.2, -0.15) is 0 Å². The van der Waals surface area contributed by atoms with Gasteiger partial charge in [0.2, 0.25) is 11.8 Å². The summed E-state index contributed by atoms with van der Waals surface area (Å²) in [5, 5.41) is 5.15. The van der Waals surface area contributed by atoms with Gasteiger partial charge in [-0.15, -0.1) is 6.42 Å². The number of terminal acetylenes is 1. The number of fused-ring (bicyclic) bond motifs is 1. The Kier molecular flexibility index (Phi) is 4.52. The monoisotopic (exact) mass is 339 g/mol. The summed E-state index contributed by atoms with van der Waals surface area (Å²) >= 11 is 0. The van der Waals surface area contributed by atoms with Crippen LogP contribution in [-0.2, 0) is 9.59 Å². The van der Waals surface area contributed by atoms with Crippen LogP contribution in [0.2, 0.25) is 0 Å². The van der Waals surface area contributed by atoms with E-state index >= 15 is 0 Å². The molecule has 0 bridgehead atoms. The summed E-state index contributed by atoms with van der Waals surface area (Å²) in [6.07, 6.45) is 7.69. The molecule has 3 rings (SSSR count). The first-order valence-electron chi connectivity index (χ1n) is 8.03. The van der Waals surface area contributed by atoms with E-state index in [1.165, 1.54) is 6.07 Å². The minimum Gasteiger partial charge on any atom is -0.373 e.